The van der Waals surface area contributed by atoms with Gasteiger partial charge >= 0.3 is 6.03 Å². The summed E-state index contributed by atoms with van der Waals surface area (Å²) in [5, 5.41) is 9.73. The molecule has 3 saturated heterocycles. The largest absolute Gasteiger partial charge is 0.352 e. The summed E-state index contributed by atoms with van der Waals surface area (Å²) in [6, 6.07) is 13.4. The van der Waals surface area contributed by atoms with Crippen LogP contribution in [0.4, 0.5) is 19.4 Å². The van der Waals surface area contributed by atoms with Gasteiger partial charge in [0.2, 0.25) is 5.91 Å². The van der Waals surface area contributed by atoms with Crippen LogP contribution in [0.3, 0.4) is 0 Å². The topological polar surface area (TPSA) is 115 Å². The number of hydrogen-bond acceptors (Lipinski definition) is 7. The van der Waals surface area contributed by atoms with Crippen molar-refractivity contribution in [2.24, 2.45) is 0 Å². The van der Waals surface area contributed by atoms with E-state index in [9.17, 15) is 23.2 Å². The number of piperidine rings is 1. The van der Waals surface area contributed by atoms with Gasteiger partial charge in [-0.1, -0.05) is 49.9 Å². The van der Waals surface area contributed by atoms with Crippen LogP contribution in [0.25, 0.3) is 5.65 Å². The number of benzene rings is 2. The number of aromatic nitrogens is 3. The molecule has 3 aliphatic rings. The molecule has 0 bridgehead atoms. The minimum Gasteiger partial charge on any atom is -0.352 e. The molecule has 0 spiro atoms. The van der Waals surface area contributed by atoms with E-state index in [4.69, 9.17) is 4.98 Å². The fourth-order valence-corrected chi connectivity index (χ4v) is 8.13. The number of anilines is 1. The molecule has 5 heterocycles. The Hall–Kier alpha value is -4.91. The summed E-state index contributed by atoms with van der Waals surface area (Å²) in [5.41, 5.74) is 3.60. The predicted octanol–water partition coefficient (Wildman–Crippen LogP) is 6.74. The highest BCUT2D eigenvalue weighted by molar-refractivity contribution is 5.99. The number of amides is 4. The fourth-order valence-electron chi connectivity index (χ4n) is 8.13. The van der Waals surface area contributed by atoms with Crippen molar-refractivity contribution in [3.8, 4) is 0 Å². The maximum atomic E-state index is 14.6. The van der Waals surface area contributed by atoms with Crippen LogP contribution in [0, 0.1) is 11.6 Å². The molecule has 1 unspecified atom stereocenters. The van der Waals surface area contributed by atoms with E-state index in [0.29, 0.717) is 67.5 Å². The second-order valence-electron chi connectivity index (χ2n) is 14.9. The Morgan fingerprint density at radius 2 is 1.67 bits per heavy atom. The summed E-state index contributed by atoms with van der Waals surface area (Å²) < 4.78 is 30.2. The van der Waals surface area contributed by atoms with Gasteiger partial charge in [-0.15, -0.1) is 0 Å². The first-order chi connectivity index (χ1) is 26.3. The molecule has 0 radical (unpaired) electrons. The van der Waals surface area contributed by atoms with Crippen molar-refractivity contribution in [2.45, 2.75) is 89.1 Å². The predicted molar refractivity (Wildman–Crippen MR) is 202 cm³/mol. The normalized spacial score (nSPS) is 18.4. The van der Waals surface area contributed by atoms with E-state index in [-0.39, 0.29) is 23.9 Å². The lowest BCUT2D eigenvalue weighted by Crippen LogP contribution is -2.48. The van der Waals surface area contributed by atoms with E-state index in [0.717, 1.165) is 69.8 Å². The summed E-state index contributed by atoms with van der Waals surface area (Å²) >= 11 is 0. The summed E-state index contributed by atoms with van der Waals surface area (Å²) in [6.45, 7) is 5.59. The summed E-state index contributed by atoms with van der Waals surface area (Å²) in [4.78, 5) is 47.6. The van der Waals surface area contributed by atoms with Gasteiger partial charge in [-0.25, -0.2) is 23.1 Å². The number of imide groups is 1. The molecule has 0 saturated carbocycles. The van der Waals surface area contributed by atoms with E-state index in [1.54, 1.807) is 21.7 Å². The molecule has 2 aromatic heterocycles. The molecule has 11 nitrogen and oxygen atoms in total. The zero-order valence-electron chi connectivity index (χ0n) is 30.8. The fraction of sp³-hybridized carbons (Fsp3) is 0.488. The molecule has 0 aliphatic carbocycles. The average Bonchev–Trinajstić information content (AvgIpc) is 3.84. The van der Waals surface area contributed by atoms with Gasteiger partial charge in [-0.3, -0.25) is 14.9 Å². The number of fused-ring (bicyclic) bond motifs is 1. The number of carbonyl (C=O) groups excluding carboxylic acids is 3. The van der Waals surface area contributed by atoms with Crippen molar-refractivity contribution < 1.29 is 23.2 Å². The second kappa shape index (κ2) is 17.5. The highest BCUT2D eigenvalue weighted by Crippen LogP contribution is 2.37. The molecule has 54 heavy (non-hydrogen) atoms. The van der Waals surface area contributed by atoms with Crippen molar-refractivity contribution in [1.82, 2.24) is 35.0 Å². The Balaban J connectivity index is 0.768. The zero-order valence-corrected chi connectivity index (χ0v) is 30.8. The van der Waals surface area contributed by atoms with Crippen LogP contribution >= 0.6 is 0 Å². The number of halogens is 2. The van der Waals surface area contributed by atoms with Gasteiger partial charge in [-0.2, -0.15) is 5.10 Å². The third kappa shape index (κ3) is 9.06. The van der Waals surface area contributed by atoms with E-state index < -0.39 is 11.6 Å². The lowest BCUT2D eigenvalue weighted by Gasteiger charge is -2.32. The van der Waals surface area contributed by atoms with Crippen LogP contribution in [0.15, 0.2) is 60.9 Å². The molecule has 13 heteroatoms. The Kier molecular flexibility index (Phi) is 12.1. The van der Waals surface area contributed by atoms with Crippen LogP contribution < -0.4 is 15.5 Å². The Morgan fingerprint density at radius 3 is 2.46 bits per heavy atom. The second-order valence-corrected chi connectivity index (χ2v) is 14.9. The van der Waals surface area contributed by atoms with Gasteiger partial charge in [0.1, 0.15) is 23.0 Å². The van der Waals surface area contributed by atoms with Crippen molar-refractivity contribution in [1.29, 1.82) is 0 Å². The number of urea groups is 1. The number of likely N-dealkylation sites (tertiary alicyclic amines) is 1. The van der Waals surface area contributed by atoms with Crippen LogP contribution in [0.1, 0.15) is 110 Å². The molecule has 2 N–H and O–H groups in total. The number of nitrogens with one attached hydrogen (secondary N) is 2. The highest BCUT2D eigenvalue weighted by atomic mass is 19.1. The van der Waals surface area contributed by atoms with Gasteiger partial charge in [0, 0.05) is 44.4 Å². The third-order valence-electron chi connectivity index (χ3n) is 11.2. The van der Waals surface area contributed by atoms with Crippen LogP contribution in [-0.2, 0) is 11.3 Å². The molecule has 3 fully saturated rings. The zero-order chi connectivity index (χ0) is 37.4. The SMILES string of the molecule is O=C1CCN(Cc2ccc(C3CCN(CCCCCCCCNC(=O)c4cnn5ccc(N6CCCC6c6cc(F)ccc6F)nc45)CC3)cc2)C(=O)N1. The van der Waals surface area contributed by atoms with Crippen molar-refractivity contribution in [2.75, 3.05) is 44.2 Å². The Labute approximate surface area is 315 Å². The Bertz CT molecular complexity index is 1930. The van der Waals surface area contributed by atoms with E-state index >= 15 is 0 Å². The molecule has 4 aromatic rings. The molecule has 286 valence electrons. The van der Waals surface area contributed by atoms with Gasteiger partial charge in [0.25, 0.3) is 5.91 Å². The maximum Gasteiger partial charge on any atom is 0.324 e. The minimum atomic E-state index is -0.467. The first kappa shape index (κ1) is 37.4. The standard InChI is InChI=1S/C41H50F2N8O3/c42-32-13-14-35(43)33(26-32)36-8-7-21-50(36)37-17-25-51-39(46-37)34(27-45-51)40(53)44-19-5-3-1-2-4-6-20-48-22-15-31(16-23-48)30-11-9-29(10-12-30)28-49-24-18-38(52)47-41(49)54/h9-14,17,25-27,31,36H,1-8,15-16,18-24,28H2,(H,44,53)(H,47,52,54). The van der Waals surface area contributed by atoms with E-state index in [1.165, 1.54) is 43.2 Å². The number of hydrogen-bond donors (Lipinski definition) is 2. The number of carbonyl (C=O) groups is 3. The number of nitrogens with zero attached hydrogens (tertiary/aromatic N) is 6. The first-order valence-corrected chi connectivity index (χ1v) is 19.6. The van der Waals surface area contributed by atoms with Crippen molar-refractivity contribution in [3.63, 3.8) is 0 Å². The van der Waals surface area contributed by atoms with Gasteiger partial charge in [0.05, 0.1) is 12.2 Å². The van der Waals surface area contributed by atoms with E-state index in [2.05, 4.69) is 44.9 Å². The molecular formula is C41H50F2N8O3. The Morgan fingerprint density at radius 1 is 0.889 bits per heavy atom. The first-order valence-electron chi connectivity index (χ1n) is 19.6. The molecular weight excluding hydrogens is 690 g/mol. The van der Waals surface area contributed by atoms with Crippen LogP contribution in [0.5, 0.6) is 0 Å². The number of rotatable bonds is 15. The molecule has 3 aliphatic heterocycles. The lowest BCUT2D eigenvalue weighted by molar-refractivity contribution is -0.121. The smallest absolute Gasteiger partial charge is 0.324 e. The summed E-state index contributed by atoms with van der Waals surface area (Å²) in [7, 11) is 0. The highest BCUT2D eigenvalue weighted by Gasteiger charge is 2.30. The molecule has 7 rings (SSSR count). The van der Waals surface area contributed by atoms with Crippen LogP contribution in [-0.4, -0.2) is 81.5 Å². The monoisotopic (exact) mass is 740 g/mol. The number of unbranched alkanes of at least 4 members (excludes halogenated alkanes) is 5. The van der Waals surface area contributed by atoms with Crippen LogP contribution in [0.2, 0.25) is 0 Å². The quantitative estimate of drug-likeness (QED) is 0.130. The molecule has 4 amide bonds. The third-order valence-corrected chi connectivity index (χ3v) is 11.2. The molecule has 1 atom stereocenters. The van der Waals surface area contributed by atoms with Gasteiger partial charge in [0.15, 0.2) is 5.65 Å². The molecule has 2 aromatic carbocycles. The van der Waals surface area contributed by atoms with Gasteiger partial charge < -0.3 is 20.0 Å². The summed E-state index contributed by atoms with van der Waals surface area (Å²) in [6.07, 6.45) is 14.2. The van der Waals surface area contributed by atoms with Crippen molar-refractivity contribution >= 4 is 29.3 Å². The summed E-state index contributed by atoms with van der Waals surface area (Å²) in [5.74, 6) is -0.145. The van der Waals surface area contributed by atoms with E-state index in [1.807, 2.05) is 4.90 Å². The van der Waals surface area contributed by atoms with Gasteiger partial charge in [-0.05, 0) is 99.5 Å². The van der Waals surface area contributed by atoms with Crippen molar-refractivity contribution in [3.05, 3.63) is 94.8 Å². The average molecular weight is 741 g/mol. The maximum absolute atomic E-state index is 14.6. The minimum absolute atomic E-state index is 0.205. The lowest BCUT2D eigenvalue weighted by atomic mass is 9.89.